The molecule has 6 nitrogen and oxygen atoms in total. The first-order chi connectivity index (χ1) is 12.5. The Bertz CT molecular complexity index is 836. The van der Waals surface area contributed by atoms with Crippen molar-refractivity contribution < 1.29 is 9.59 Å². The van der Waals surface area contributed by atoms with Crippen LogP contribution in [0.15, 0.2) is 59.6 Å². The van der Waals surface area contributed by atoms with Gasteiger partial charge in [0.05, 0.1) is 11.7 Å². The first-order valence-electron chi connectivity index (χ1n) is 8.25. The van der Waals surface area contributed by atoms with Crippen molar-refractivity contribution in [2.45, 2.75) is 25.9 Å². The van der Waals surface area contributed by atoms with Gasteiger partial charge in [-0.2, -0.15) is 0 Å². The third kappa shape index (κ3) is 3.86. The molecule has 26 heavy (non-hydrogen) atoms. The van der Waals surface area contributed by atoms with Crippen LogP contribution in [0, 0.1) is 0 Å². The Morgan fingerprint density at radius 3 is 2.50 bits per heavy atom. The second-order valence-corrected chi connectivity index (χ2v) is 6.46. The summed E-state index contributed by atoms with van der Waals surface area (Å²) < 4.78 is 0. The van der Waals surface area contributed by atoms with E-state index < -0.39 is 6.04 Å². The highest BCUT2D eigenvalue weighted by Crippen LogP contribution is 2.18. The molecule has 2 aromatic rings. The van der Waals surface area contributed by atoms with E-state index in [1.54, 1.807) is 31.2 Å². The Morgan fingerprint density at radius 1 is 1.19 bits per heavy atom. The van der Waals surface area contributed by atoms with Crippen LogP contribution >= 0.6 is 11.6 Å². The van der Waals surface area contributed by atoms with Gasteiger partial charge in [0.1, 0.15) is 6.04 Å². The standard InChI is InChI=1S/C19H19ClN4O2/c1-12(14-8-10-15(20)11-9-14)22-18(25)17-21-13(2)19(26)24(23-17)16-6-4-3-5-7-16/h3-13H,1-2H3,(H,21,23)(H,22,25). The number of hydrogen-bond acceptors (Lipinski definition) is 4. The normalized spacial score (nSPS) is 18.0. The summed E-state index contributed by atoms with van der Waals surface area (Å²) in [5.41, 5.74) is 4.38. The van der Waals surface area contributed by atoms with Crippen molar-refractivity contribution in [1.29, 1.82) is 0 Å². The summed E-state index contributed by atoms with van der Waals surface area (Å²) in [6.07, 6.45) is 0. The van der Waals surface area contributed by atoms with E-state index in [1.165, 1.54) is 5.01 Å². The number of halogens is 1. The second kappa shape index (κ2) is 7.58. The zero-order valence-corrected chi connectivity index (χ0v) is 15.2. The van der Waals surface area contributed by atoms with E-state index in [2.05, 4.69) is 15.7 Å². The molecule has 7 heteroatoms. The molecule has 0 fully saturated rings. The summed E-state index contributed by atoms with van der Waals surface area (Å²) in [5, 5.41) is 4.86. The number of carbonyl (C=O) groups excluding carboxylic acids is 2. The second-order valence-electron chi connectivity index (χ2n) is 6.02. The fourth-order valence-corrected chi connectivity index (χ4v) is 2.73. The van der Waals surface area contributed by atoms with Crippen LogP contribution in [0.1, 0.15) is 25.5 Å². The smallest absolute Gasteiger partial charge is 0.288 e. The number of amidine groups is 1. The zero-order chi connectivity index (χ0) is 18.7. The van der Waals surface area contributed by atoms with E-state index in [4.69, 9.17) is 11.6 Å². The minimum absolute atomic E-state index is 0.0989. The lowest BCUT2D eigenvalue weighted by molar-refractivity contribution is -0.120. The Kier molecular flexibility index (Phi) is 5.23. The lowest BCUT2D eigenvalue weighted by Crippen LogP contribution is -2.58. The van der Waals surface area contributed by atoms with Gasteiger partial charge in [-0.1, -0.05) is 41.9 Å². The SMILES string of the molecule is CC1N=C(C(=O)NC(C)c2ccc(Cl)cc2)NN(c2ccccc2)C1=O. The molecule has 2 unspecified atom stereocenters. The van der Waals surface area contributed by atoms with E-state index >= 15 is 0 Å². The predicted octanol–water partition coefficient (Wildman–Crippen LogP) is 2.86. The largest absolute Gasteiger partial charge is 0.343 e. The van der Waals surface area contributed by atoms with Gasteiger partial charge in [0.2, 0.25) is 5.84 Å². The van der Waals surface area contributed by atoms with E-state index in [-0.39, 0.29) is 23.7 Å². The van der Waals surface area contributed by atoms with Gasteiger partial charge in [0, 0.05) is 5.02 Å². The molecule has 2 amide bonds. The van der Waals surface area contributed by atoms with Crippen molar-refractivity contribution in [3.63, 3.8) is 0 Å². The molecule has 1 aliphatic rings. The van der Waals surface area contributed by atoms with Crippen LogP contribution in [0.25, 0.3) is 0 Å². The summed E-state index contributed by atoms with van der Waals surface area (Å²) in [4.78, 5) is 29.2. The summed E-state index contributed by atoms with van der Waals surface area (Å²) >= 11 is 5.89. The topological polar surface area (TPSA) is 73.8 Å². The van der Waals surface area contributed by atoms with Crippen LogP contribution < -0.4 is 15.8 Å². The lowest BCUT2D eigenvalue weighted by atomic mass is 10.1. The number of nitrogens with zero attached hydrogens (tertiary/aromatic N) is 2. The number of nitrogens with one attached hydrogen (secondary N) is 2. The third-order valence-electron chi connectivity index (χ3n) is 4.07. The number of para-hydroxylation sites is 1. The van der Waals surface area contributed by atoms with Gasteiger partial charge in [-0.05, 0) is 43.7 Å². The number of benzene rings is 2. The Morgan fingerprint density at radius 2 is 1.85 bits per heavy atom. The average Bonchev–Trinajstić information content (AvgIpc) is 2.65. The van der Waals surface area contributed by atoms with Gasteiger partial charge >= 0.3 is 0 Å². The van der Waals surface area contributed by atoms with Crippen molar-refractivity contribution in [3.8, 4) is 0 Å². The fourth-order valence-electron chi connectivity index (χ4n) is 2.60. The Balaban J connectivity index is 1.75. The van der Waals surface area contributed by atoms with Crippen molar-refractivity contribution in [2.75, 3.05) is 5.01 Å². The highest BCUT2D eigenvalue weighted by molar-refractivity contribution is 6.39. The first kappa shape index (κ1) is 17.9. The molecule has 2 atom stereocenters. The number of rotatable bonds is 4. The molecular weight excluding hydrogens is 352 g/mol. The molecule has 2 aromatic carbocycles. The monoisotopic (exact) mass is 370 g/mol. The summed E-state index contributed by atoms with van der Waals surface area (Å²) in [6.45, 7) is 3.53. The van der Waals surface area contributed by atoms with Crippen LogP contribution in [0.5, 0.6) is 0 Å². The summed E-state index contributed by atoms with van der Waals surface area (Å²) in [6, 6.07) is 15.4. The molecule has 2 N–H and O–H groups in total. The van der Waals surface area contributed by atoms with E-state index in [1.807, 2.05) is 37.3 Å². The number of anilines is 1. The Hall–Kier alpha value is -2.86. The van der Waals surface area contributed by atoms with Gasteiger partial charge in [-0.15, -0.1) is 0 Å². The molecule has 0 bridgehead atoms. The molecule has 0 aromatic heterocycles. The fraction of sp³-hybridized carbons (Fsp3) is 0.211. The van der Waals surface area contributed by atoms with Gasteiger partial charge in [0.15, 0.2) is 0 Å². The van der Waals surface area contributed by atoms with Crippen molar-refractivity contribution in [2.24, 2.45) is 4.99 Å². The number of carbonyl (C=O) groups is 2. The van der Waals surface area contributed by atoms with Gasteiger partial charge in [-0.25, -0.2) is 10.0 Å². The van der Waals surface area contributed by atoms with Crippen LogP contribution in [0.2, 0.25) is 5.02 Å². The maximum absolute atomic E-state index is 12.6. The number of hydrogen-bond donors (Lipinski definition) is 2. The minimum Gasteiger partial charge on any atom is -0.343 e. The Labute approximate surface area is 156 Å². The molecule has 0 radical (unpaired) electrons. The molecule has 0 saturated heterocycles. The third-order valence-corrected chi connectivity index (χ3v) is 4.32. The molecule has 3 rings (SSSR count). The highest BCUT2D eigenvalue weighted by Gasteiger charge is 2.31. The van der Waals surface area contributed by atoms with E-state index in [0.29, 0.717) is 10.7 Å². The van der Waals surface area contributed by atoms with Crippen LogP contribution in [0.4, 0.5) is 5.69 Å². The van der Waals surface area contributed by atoms with Gasteiger partial charge in [-0.3, -0.25) is 15.0 Å². The van der Waals surface area contributed by atoms with Crippen LogP contribution in [-0.4, -0.2) is 23.7 Å². The number of amides is 2. The van der Waals surface area contributed by atoms with E-state index in [0.717, 1.165) is 5.56 Å². The summed E-state index contributed by atoms with van der Waals surface area (Å²) in [7, 11) is 0. The predicted molar refractivity (Wildman–Crippen MR) is 102 cm³/mol. The molecule has 0 aliphatic carbocycles. The molecule has 1 heterocycles. The maximum atomic E-state index is 12.6. The van der Waals surface area contributed by atoms with Crippen LogP contribution in [-0.2, 0) is 9.59 Å². The van der Waals surface area contributed by atoms with Gasteiger partial charge < -0.3 is 5.32 Å². The molecular formula is C19H19ClN4O2. The maximum Gasteiger partial charge on any atom is 0.288 e. The van der Waals surface area contributed by atoms with E-state index in [9.17, 15) is 9.59 Å². The van der Waals surface area contributed by atoms with Crippen molar-refractivity contribution in [1.82, 2.24) is 10.7 Å². The van der Waals surface area contributed by atoms with Crippen molar-refractivity contribution >= 4 is 34.9 Å². The number of hydrazine groups is 1. The average molecular weight is 371 g/mol. The minimum atomic E-state index is -0.650. The zero-order valence-electron chi connectivity index (χ0n) is 14.4. The van der Waals surface area contributed by atoms with Crippen LogP contribution in [0.3, 0.4) is 0 Å². The van der Waals surface area contributed by atoms with Crippen molar-refractivity contribution in [3.05, 3.63) is 65.2 Å². The first-order valence-corrected chi connectivity index (χ1v) is 8.63. The summed E-state index contributed by atoms with van der Waals surface area (Å²) in [5.74, 6) is -0.506. The molecule has 134 valence electrons. The van der Waals surface area contributed by atoms with Gasteiger partial charge in [0.25, 0.3) is 11.8 Å². The quantitative estimate of drug-likeness (QED) is 0.869. The molecule has 1 aliphatic heterocycles. The molecule has 0 saturated carbocycles. The lowest BCUT2D eigenvalue weighted by Gasteiger charge is -2.30. The highest BCUT2D eigenvalue weighted by atomic mass is 35.5. The number of aliphatic imine (C=N–C) groups is 1. The molecule has 0 spiro atoms.